The summed E-state index contributed by atoms with van der Waals surface area (Å²) >= 11 is 0. The smallest absolute Gasteiger partial charge is 0.323 e. The SMILES string of the molecule is COc1ccc(C23CCC(CN(C(=O)[C@H]4CCC[C@@H](C(=O)C=[N+]=[N-])C4)c4cc(-c5cnn(C(C)C)c5)ccn4)(CC2)CC3)cc1C. The Kier molecular flexibility index (Phi) is 8.97. The van der Waals surface area contributed by atoms with Crippen molar-refractivity contribution < 1.29 is 19.1 Å². The van der Waals surface area contributed by atoms with Crippen LogP contribution in [0.4, 0.5) is 5.82 Å². The van der Waals surface area contributed by atoms with Gasteiger partial charge in [-0.3, -0.25) is 19.2 Å². The molecular weight excluding hydrogens is 576 g/mol. The van der Waals surface area contributed by atoms with Gasteiger partial charge in [0.15, 0.2) is 0 Å². The summed E-state index contributed by atoms with van der Waals surface area (Å²) in [4.78, 5) is 36.9. The molecule has 242 valence electrons. The Bertz CT molecular complexity index is 1630. The third-order valence-corrected chi connectivity index (χ3v) is 11.3. The van der Waals surface area contributed by atoms with Gasteiger partial charge in [0.2, 0.25) is 11.7 Å². The molecule has 0 radical (unpaired) electrons. The molecule has 2 atom stereocenters. The minimum absolute atomic E-state index is 0.0204. The number of pyridine rings is 1. The molecule has 2 aromatic heterocycles. The van der Waals surface area contributed by atoms with Crippen LogP contribution in [0.1, 0.15) is 95.2 Å². The highest BCUT2D eigenvalue weighted by Crippen LogP contribution is 2.58. The quantitative estimate of drug-likeness (QED) is 0.135. The van der Waals surface area contributed by atoms with Crippen LogP contribution in [-0.2, 0) is 15.0 Å². The van der Waals surface area contributed by atoms with Crippen molar-refractivity contribution in [1.82, 2.24) is 14.8 Å². The second-order valence-electron chi connectivity index (χ2n) is 14.3. The van der Waals surface area contributed by atoms with Crippen LogP contribution in [0.5, 0.6) is 5.75 Å². The number of hydrogen-bond acceptors (Lipinski definition) is 5. The molecule has 9 nitrogen and oxygen atoms in total. The lowest BCUT2D eigenvalue weighted by molar-refractivity contribution is -0.126. The second-order valence-corrected chi connectivity index (χ2v) is 14.3. The van der Waals surface area contributed by atoms with Gasteiger partial charge in [0.05, 0.1) is 13.3 Å². The zero-order valence-corrected chi connectivity index (χ0v) is 27.6. The number of carbonyl (C=O) groups is 2. The van der Waals surface area contributed by atoms with Crippen molar-refractivity contribution in [2.45, 2.75) is 96.4 Å². The van der Waals surface area contributed by atoms with Crippen LogP contribution in [0.3, 0.4) is 0 Å². The normalized spacial score (nSPS) is 25.6. The van der Waals surface area contributed by atoms with Gasteiger partial charge in [0, 0.05) is 42.4 Å². The molecular formula is C37H46N6O3. The minimum Gasteiger partial charge on any atom is -0.496 e. The van der Waals surface area contributed by atoms with E-state index in [0.29, 0.717) is 25.2 Å². The van der Waals surface area contributed by atoms with E-state index in [9.17, 15) is 9.59 Å². The van der Waals surface area contributed by atoms with E-state index in [2.05, 4.69) is 48.9 Å². The van der Waals surface area contributed by atoms with Crippen molar-refractivity contribution in [1.29, 1.82) is 0 Å². The number of anilines is 1. The molecule has 0 spiro atoms. The van der Waals surface area contributed by atoms with Crippen LogP contribution in [0.15, 0.2) is 48.9 Å². The Morgan fingerprint density at radius 3 is 2.48 bits per heavy atom. The number of nitrogens with zero attached hydrogens (tertiary/aromatic N) is 6. The highest BCUT2D eigenvalue weighted by molar-refractivity contribution is 6.26. The largest absolute Gasteiger partial charge is 0.496 e. The van der Waals surface area contributed by atoms with E-state index < -0.39 is 0 Å². The van der Waals surface area contributed by atoms with E-state index in [-0.39, 0.29) is 40.4 Å². The molecule has 1 amide bonds. The van der Waals surface area contributed by atoms with E-state index >= 15 is 0 Å². The maximum absolute atomic E-state index is 14.6. The number of methoxy groups -OCH3 is 1. The number of aryl methyl sites for hydroxylation is 1. The molecule has 0 N–H and O–H groups in total. The average molecular weight is 623 g/mol. The van der Waals surface area contributed by atoms with Crippen LogP contribution in [-0.4, -0.2) is 51.1 Å². The molecule has 3 aromatic rings. The third-order valence-electron chi connectivity index (χ3n) is 11.3. The fraction of sp³-hybridized carbons (Fsp3) is 0.541. The van der Waals surface area contributed by atoms with Gasteiger partial charge in [-0.1, -0.05) is 18.6 Å². The van der Waals surface area contributed by atoms with Crippen molar-refractivity contribution >= 4 is 23.7 Å². The average Bonchev–Trinajstić information content (AvgIpc) is 3.59. The van der Waals surface area contributed by atoms with Crippen LogP contribution in [0.25, 0.3) is 16.7 Å². The van der Waals surface area contributed by atoms with Gasteiger partial charge in [-0.05, 0) is 124 Å². The fourth-order valence-electron chi connectivity index (χ4n) is 8.32. The molecule has 7 rings (SSSR count). The highest BCUT2D eigenvalue weighted by Gasteiger charge is 2.51. The molecule has 4 aliphatic carbocycles. The molecule has 2 bridgehead atoms. The number of rotatable bonds is 10. The van der Waals surface area contributed by atoms with Gasteiger partial charge in [-0.2, -0.15) is 9.89 Å². The molecule has 4 saturated carbocycles. The molecule has 0 saturated heterocycles. The van der Waals surface area contributed by atoms with E-state index in [4.69, 9.17) is 15.3 Å². The monoisotopic (exact) mass is 622 g/mol. The fourth-order valence-corrected chi connectivity index (χ4v) is 8.32. The molecule has 0 unspecified atom stereocenters. The first-order valence-corrected chi connectivity index (χ1v) is 16.8. The topological polar surface area (TPSA) is 114 Å². The van der Waals surface area contributed by atoms with Crippen LogP contribution in [0, 0.1) is 24.2 Å². The number of ketones is 1. The van der Waals surface area contributed by atoms with Gasteiger partial charge in [-0.15, -0.1) is 0 Å². The molecule has 1 aromatic carbocycles. The minimum atomic E-state index is -0.308. The van der Waals surface area contributed by atoms with E-state index in [1.807, 2.05) is 34.1 Å². The van der Waals surface area contributed by atoms with Gasteiger partial charge in [-0.25, -0.2) is 4.98 Å². The first kappa shape index (κ1) is 31.9. The number of carbonyl (C=O) groups excluding carboxylic acids is 2. The Balaban J connectivity index is 1.28. The van der Waals surface area contributed by atoms with Crippen molar-refractivity contribution in [2.75, 3.05) is 18.6 Å². The van der Waals surface area contributed by atoms with Crippen LogP contribution >= 0.6 is 0 Å². The second kappa shape index (κ2) is 13.0. The maximum atomic E-state index is 14.6. The highest BCUT2D eigenvalue weighted by atomic mass is 16.5. The summed E-state index contributed by atoms with van der Waals surface area (Å²) < 4.78 is 7.47. The summed E-state index contributed by atoms with van der Waals surface area (Å²) in [5.41, 5.74) is 13.7. The Hall–Kier alpha value is -4.10. The Morgan fingerprint density at radius 2 is 1.83 bits per heavy atom. The van der Waals surface area contributed by atoms with Crippen molar-refractivity contribution in [3.63, 3.8) is 0 Å². The lowest BCUT2D eigenvalue weighted by Gasteiger charge is -2.55. The lowest BCUT2D eigenvalue weighted by Crippen LogP contribution is -2.52. The predicted octanol–water partition coefficient (Wildman–Crippen LogP) is 7.14. The number of hydrogen-bond donors (Lipinski definition) is 0. The van der Waals surface area contributed by atoms with Crippen LogP contribution < -0.4 is 9.64 Å². The first-order chi connectivity index (χ1) is 22.2. The zero-order valence-electron chi connectivity index (χ0n) is 27.6. The summed E-state index contributed by atoms with van der Waals surface area (Å²) in [6, 6.07) is 10.9. The summed E-state index contributed by atoms with van der Waals surface area (Å²) in [7, 11) is 1.72. The number of aromatic nitrogens is 3. The third kappa shape index (κ3) is 6.17. The number of amides is 1. The van der Waals surface area contributed by atoms with Crippen molar-refractivity contribution in [3.8, 4) is 16.9 Å². The predicted molar refractivity (Wildman–Crippen MR) is 178 cm³/mol. The summed E-state index contributed by atoms with van der Waals surface area (Å²) in [6.45, 7) is 6.94. The van der Waals surface area contributed by atoms with Gasteiger partial charge in [0.1, 0.15) is 11.6 Å². The van der Waals surface area contributed by atoms with Gasteiger partial charge in [0.25, 0.3) is 0 Å². The molecule has 4 fully saturated rings. The standard InChI is InChI=1S/C37H46N6O3/c1-25(2)43-23-30(21-41-43)27-10-17-39-34(20-27)42(35(45)29-7-5-6-28(19-29)32(44)22-40-38)24-36-11-14-37(15-12-36,16-13-36)31-8-9-33(46-4)26(3)18-31/h8-10,17-18,20-23,25,28-29H,5-7,11-16,19,24H2,1-4H3/t28-,29+,36?,37?/m1/s1. The van der Waals surface area contributed by atoms with E-state index in [1.54, 1.807) is 13.3 Å². The van der Waals surface area contributed by atoms with Crippen molar-refractivity contribution in [3.05, 3.63) is 65.6 Å². The number of benzene rings is 1. The molecule has 0 aliphatic heterocycles. The first-order valence-electron chi connectivity index (χ1n) is 16.8. The number of fused-ring (bicyclic) bond motifs is 3. The number of Topliss-reactive ketones (excluding diaryl/α,β-unsaturated/α-hetero) is 1. The Labute approximate surface area is 272 Å². The Morgan fingerprint density at radius 1 is 1.09 bits per heavy atom. The van der Waals surface area contributed by atoms with Crippen LogP contribution in [0.2, 0.25) is 0 Å². The lowest BCUT2D eigenvalue weighted by atomic mass is 9.51. The summed E-state index contributed by atoms with van der Waals surface area (Å²) in [5, 5.41) is 4.53. The zero-order chi connectivity index (χ0) is 32.5. The van der Waals surface area contributed by atoms with Gasteiger partial charge >= 0.3 is 6.21 Å². The van der Waals surface area contributed by atoms with E-state index in [0.717, 1.165) is 74.5 Å². The van der Waals surface area contributed by atoms with Crippen molar-refractivity contribution in [2.24, 2.45) is 17.3 Å². The summed E-state index contributed by atoms with van der Waals surface area (Å²) in [5.74, 6) is 0.830. The molecule has 46 heavy (non-hydrogen) atoms. The van der Waals surface area contributed by atoms with E-state index in [1.165, 1.54) is 11.1 Å². The summed E-state index contributed by atoms with van der Waals surface area (Å²) in [6.07, 6.45) is 15.9. The number of ether oxygens (including phenoxy) is 1. The molecule has 2 heterocycles. The molecule has 4 aliphatic rings. The molecule has 9 heteroatoms. The van der Waals surface area contributed by atoms with Gasteiger partial charge < -0.3 is 10.3 Å². The maximum Gasteiger partial charge on any atom is 0.323 e.